The largest absolute Gasteiger partial charge is 0.494 e. The zero-order valence-electron chi connectivity index (χ0n) is 22.9. The van der Waals surface area contributed by atoms with Crippen molar-refractivity contribution < 1.29 is 23.1 Å². The predicted octanol–water partition coefficient (Wildman–Crippen LogP) is 4.53. The lowest BCUT2D eigenvalue weighted by Crippen LogP contribution is -2.39. The number of methoxy groups -OCH3 is 1. The molecule has 5 rings (SSSR count). The Balaban J connectivity index is 1.35. The van der Waals surface area contributed by atoms with Gasteiger partial charge in [-0.3, -0.25) is 23.7 Å². The van der Waals surface area contributed by atoms with Gasteiger partial charge in [0.2, 0.25) is 0 Å². The van der Waals surface area contributed by atoms with Crippen LogP contribution in [0.5, 0.6) is 5.75 Å². The molecule has 2 amide bonds. The van der Waals surface area contributed by atoms with Crippen molar-refractivity contribution in [2.75, 3.05) is 14.2 Å². The summed E-state index contributed by atoms with van der Waals surface area (Å²) in [7, 11) is 3.05. The van der Waals surface area contributed by atoms with E-state index in [4.69, 9.17) is 16.3 Å². The molecule has 0 unspecified atom stereocenters. The summed E-state index contributed by atoms with van der Waals surface area (Å²) in [6.45, 7) is 0.438. The summed E-state index contributed by atoms with van der Waals surface area (Å²) >= 11 is 5.90. The molecule has 1 aliphatic carbocycles. The molecule has 0 bridgehead atoms. The maximum Gasteiger partial charge on any atom is 0.333 e. The van der Waals surface area contributed by atoms with E-state index in [1.165, 1.54) is 31.0 Å². The van der Waals surface area contributed by atoms with Crippen LogP contribution in [0, 0.1) is 5.92 Å². The predicted molar refractivity (Wildman–Crippen MR) is 153 cm³/mol. The number of nitrogens with one attached hydrogen (secondary N) is 2. The van der Waals surface area contributed by atoms with Crippen LogP contribution in [0.2, 0.25) is 5.02 Å². The Morgan fingerprint density at radius 2 is 1.86 bits per heavy atom. The Morgan fingerprint density at radius 1 is 1.10 bits per heavy atom. The third-order valence-electron chi connectivity index (χ3n) is 7.56. The zero-order chi connectivity index (χ0) is 30.0. The van der Waals surface area contributed by atoms with Crippen LogP contribution in [0.15, 0.2) is 53.6 Å². The van der Waals surface area contributed by atoms with Crippen LogP contribution in [-0.2, 0) is 6.54 Å². The van der Waals surface area contributed by atoms with Crippen LogP contribution in [0.1, 0.15) is 58.6 Å². The summed E-state index contributed by atoms with van der Waals surface area (Å²) in [4.78, 5) is 46.4. The molecule has 3 aromatic heterocycles. The van der Waals surface area contributed by atoms with Gasteiger partial charge in [-0.1, -0.05) is 17.7 Å². The number of benzene rings is 1. The average molecular weight is 599 g/mol. The normalized spacial score (nSPS) is 16.9. The Labute approximate surface area is 244 Å². The van der Waals surface area contributed by atoms with Gasteiger partial charge in [-0.2, -0.15) is 0 Å². The van der Waals surface area contributed by atoms with E-state index in [1.807, 2.05) is 12.1 Å². The molecule has 42 heavy (non-hydrogen) atoms. The third-order valence-corrected chi connectivity index (χ3v) is 7.77. The number of fused-ring (bicyclic) bond motifs is 1. The minimum absolute atomic E-state index is 0.104. The average Bonchev–Trinajstić information content (AvgIpc) is 3.28. The van der Waals surface area contributed by atoms with Crippen molar-refractivity contribution in [1.82, 2.24) is 29.7 Å². The molecular formula is C29H29ClF2N6O4. The molecule has 1 fully saturated rings. The van der Waals surface area contributed by atoms with E-state index in [2.05, 4.69) is 20.6 Å². The Bertz CT molecular complexity index is 1680. The maximum atomic E-state index is 13.8. The fourth-order valence-corrected chi connectivity index (χ4v) is 5.61. The third kappa shape index (κ3) is 5.71. The van der Waals surface area contributed by atoms with Crippen LogP contribution in [0.25, 0.3) is 16.7 Å². The lowest BCUT2D eigenvalue weighted by atomic mass is 9.85. The summed E-state index contributed by atoms with van der Waals surface area (Å²) in [6, 6.07) is 9.66. The monoisotopic (exact) mass is 598 g/mol. The Kier molecular flexibility index (Phi) is 8.53. The van der Waals surface area contributed by atoms with Crippen molar-refractivity contribution in [1.29, 1.82) is 0 Å². The molecule has 220 valence electrons. The number of alkyl halides is 2. The van der Waals surface area contributed by atoms with Crippen LogP contribution < -0.4 is 21.1 Å². The number of nitrogens with zero attached hydrogens (tertiary/aromatic N) is 4. The van der Waals surface area contributed by atoms with Gasteiger partial charge >= 0.3 is 5.69 Å². The van der Waals surface area contributed by atoms with Gasteiger partial charge in [0.15, 0.2) is 0 Å². The minimum atomic E-state index is -2.90. The molecule has 1 aromatic carbocycles. The van der Waals surface area contributed by atoms with Crippen molar-refractivity contribution in [3.05, 3.63) is 81.3 Å². The summed E-state index contributed by atoms with van der Waals surface area (Å²) in [5.74, 6) is -0.311. The van der Waals surface area contributed by atoms with E-state index < -0.39 is 18.0 Å². The number of hydrogen-bond donors (Lipinski definition) is 2. The molecule has 1 aliphatic rings. The highest BCUT2D eigenvalue weighted by atomic mass is 35.5. The fourth-order valence-electron chi connectivity index (χ4n) is 5.45. The van der Waals surface area contributed by atoms with Gasteiger partial charge in [0, 0.05) is 25.8 Å². The highest BCUT2D eigenvalue weighted by Crippen LogP contribution is 2.31. The number of hydrogen-bond acceptors (Lipinski definition) is 6. The van der Waals surface area contributed by atoms with E-state index in [9.17, 15) is 23.2 Å². The molecule has 10 nitrogen and oxygen atoms in total. The second kappa shape index (κ2) is 12.3. The van der Waals surface area contributed by atoms with Crippen LogP contribution in [0.3, 0.4) is 0 Å². The molecule has 1 saturated carbocycles. The molecule has 2 N–H and O–H groups in total. The van der Waals surface area contributed by atoms with Gasteiger partial charge in [-0.25, -0.2) is 18.6 Å². The molecule has 0 atom stereocenters. The first-order valence-electron chi connectivity index (χ1n) is 13.4. The number of halogens is 3. The lowest BCUT2D eigenvalue weighted by Gasteiger charge is -2.29. The first-order valence-corrected chi connectivity index (χ1v) is 13.8. The SMILES string of the molecule is CNC(=O)c1ccc(-n2c(=O)n(CC3CCC(NC(=O)c4cc(Cl)cnc4C(F)F)CC3)c3cccc(OC)c32)cn1. The number of ether oxygens (including phenoxy) is 1. The molecule has 0 aliphatic heterocycles. The molecule has 0 saturated heterocycles. The summed E-state index contributed by atoms with van der Waals surface area (Å²) in [6.07, 6.45) is 2.34. The van der Waals surface area contributed by atoms with Crippen molar-refractivity contribution in [3.8, 4) is 11.4 Å². The highest BCUT2D eigenvalue weighted by Gasteiger charge is 2.28. The van der Waals surface area contributed by atoms with E-state index in [1.54, 1.807) is 22.8 Å². The Morgan fingerprint density at radius 3 is 2.50 bits per heavy atom. The first kappa shape index (κ1) is 29.2. The standard InChI is InChI=1S/C29H29ClF2N6O4/c1-33-28(40)21-11-10-19(14-34-21)38-25-22(4-3-5-23(25)42-2)37(29(38)41)15-16-6-8-18(9-7-16)36-27(39)20-12-17(30)13-35-24(20)26(31)32/h3-5,10-14,16,18,26H,6-9,15H2,1-2H3,(H,33,40)(H,36,39). The summed E-state index contributed by atoms with van der Waals surface area (Å²) in [5, 5.41) is 5.47. The van der Waals surface area contributed by atoms with E-state index >= 15 is 0 Å². The minimum Gasteiger partial charge on any atom is -0.494 e. The van der Waals surface area contributed by atoms with Gasteiger partial charge in [0.25, 0.3) is 18.2 Å². The van der Waals surface area contributed by atoms with Gasteiger partial charge in [-0.05, 0) is 61.9 Å². The highest BCUT2D eigenvalue weighted by molar-refractivity contribution is 6.30. The second-order valence-electron chi connectivity index (χ2n) is 10.1. The summed E-state index contributed by atoms with van der Waals surface area (Å²) < 4.78 is 35.6. The number of pyridine rings is 2. The topological polar surface area (TPSA) is 120 Å². The van der Waals surface area contributed by atoms with Crippen LogP contribution in [0.4, 0.5) is 8.78 Å². The molecular weight excluding hydrogens is 570 g/mol. The molecule has 0 spiro atoms. The van der Waals surface area contributed by atoms with Crippen molar-refractivity contribution in [2.45, 2.75) is 44.7 Å². The molecule has 4 aromatic rings. The van der Waals surface area contributed by atoms with Gasteiger partial charge < -0.3 is 15.4 Å². The first-order chi connectivity index (χ1) is 20.2. The second-order valence-corrected chi connectivity index (χ2v) is 10.6. The number of para-hydroxylation sites is 1. The number of aromatic nitrogens is 4. The van der Waals surface area contributed by atoms with E-state index in [-0.39, 0.29) is 39.8 Å². The number of amides is 2. The zero-order valence-corrected chi connectivity index (χ0v) is 23.7. The van der Waals surface area contributed by atoms with Crippen molar-refractivity contribution in [2.24, 2.45) is 5.92 Å². The van der Waals surface area contributed by atoms with Crippen LogP contribution >= 0.6 is 11.6 Å². The lowest BCUT2D eigenvalue weighted by molar-refractivity contribution is 0.0903. The number of rotatable bonds is 8. The molecule has 13 heteroatoms. The van der Waals surface area contributed by atoms with Crippen LogP contribution in [-0.4, -0.2) is 51.1 Å². The van der Waals surface area contributed by atoms with Gasteiger partial charge in [0.05, 0.1) is 35.1 Å². The number of imidazole rings is 1. The number of carbonyl (C=O) groups is 2. The Hall–Kier alpha value is -4.32. The maximum absolute atomic E-state index is 13.8. The molecule has 3 heterocycles. The number of carbonyl (C=O) groups excluding carboxylic acids is 2. The van der Waals surface area contributed by atoms with Crippen molar-refractivity contribution >= 4 is 34.4 Å². The van der Waals surface area contributed by atoms with E-state index in [0.717, 1.165) is 6.20 Å². The quantitative estimate of drug-likeness (QED) is 0.307. The fraction of sp³-hybridized carbons (Fsp3) is 0.345. The van der Waals surface area contributed by atoms with E-state index in [0.29, 0.717) is 54.7 Å². The van der Waals surface area contributed by atoms with Crippen molar-refractivity contribution in [3.63, 3.8) is 0 Å². The van der Waals surface area contributed by atoms with Gasteiger partial charge in [0.1, 0.15) is 22.7 Å². The smallest absolute Gasteiger partial charge is 0.333 e. The van der Waals surface area contributed by atoms with Gasteiger partial charge in [-0.15, -0.1) is 0 Å². The summed E-state index contributed by atoms with van der Waals surface area (Å²) in [5.41, 5.74) is 0.897. The molecule has 0 radical (unpaired) electrons.